The summed E-state index contributed by atoms with van der Waals surface area (Å²) in [6.45, 7) is 0.892. The predicted molar refractivity (Wildman–Crippen MR) is 97.4 cm³/mol. The van der Waals surface area contributed by atoms with Gasteiger partial charge in [-0.15, -0.1) is 0 Å². The third-order valence-corrected chi connectivity index (χ3v) is 4.41. The lowest BCUT2D eigenvalue weighted by Gasteiger charge is -2.23. The van der Waals surface area contributed by atoms with E-state index in [1.165, 1.54) is 0 Å². The number of carbonyl (C=O) groups excluding carboxylic acids is 2. The molecule has 1 saturated heterocycles. The third-order valence-electron chi connectivity index (χ3n) is 4.41. The van der Waals surface area contributed by atoms with Gasteiger partial charge in [-0.1, -0.05) is 24.3 Å². The summed E-state index contributed by atoms with van der Waals surface area (Å²) < 4.78 is 5.65. The van der Waals surface area contributed by atoms with Crippen LogP contribution in [0.5, 0.6) is 5.75 Å². The van der Waals surface area contributed by atoms with Crippen molar-refractivity contribution in [3.8, 4) is 5.75 Å². The number of amides is 2. The summed E-state index contributed by atoms with van der Waals surface area (Å²) in [5, 5.41) is 2.73. The molecule has 0 radical (unpaired) electrons. The molecule has 2 aromatic carbocycles. The molecule has 1 N–H and O–H groups in total. The van der Waals surface area contributed by atoms with Crippen molar-refractivity contribution in [2.75, 3.05) is 25.1 Å². The highest BCUT2D eigenvalue weighted by atomic mass is 16.5. The molecule has 7 nitrogen and oxygen atoms in total. The molecule has 2 aliphatic heterocycles. The van der Waals surface area contributed by atoms with Crippen molar-refractivity contribution in [1.29, 1.82) is 0 Å². The molecule has 2 heterocycles. The van der Waals surface area contributed by atoms with Gasteiger partial charge in [0.15, 0.2) is 6.61 Å². The highest BCUT2D eigenvalue weighted by Gasteiger charge is 2.29. The molecule has 4 rings (SSSR count). The molecule has 2 amide bonds. The molecule has 0 aromatic heterocycles. The van der Waals surface area contributed by atoms with Gasteiger partial charge in [-0.3, -0.25) is 14.9 Å². The average molecular weight is 350 g/mol. The molecule has 26 heavy (non-hydrogen) atoms. The van der Waals surface area contributed by atoms with Crippen LogP contribution < -0.4 is 15.0 Å². The van der Waals surface area contributed by atoms with Gasteiger partial charge in [0, 0.05) is 25.3 Å². The van der Waals surface area contributed by atoms with Gasteiger partial charge >= 0.3 is 0 Å². The van der Waals surface area contributed by atoms with Crippen molar-refractivity contribution in [1.82, 2.24) is 10.2 Å². The zero-order chi connectivity index (χ0) is 18.1. The van der Waals surface area contributed by atoms with E-state index in [4.69, 9.17) is 4.74 Å². The summed E-state index contributed by atoms with van der Waals surface area (Å²) in [6.07, 6.45) is 0. The number of guanidine groups is 1. The number of rotatable bonds is 4. The van der Waals surface area contributed by atoms with E-state index in [1.54, 1.807) is 18.0 Å². The van der Waals surface area contributed by atoms with E-state index in [9.17, 15) is 9.59 Å². The normalized spacial score (nSPS) is 14.9. The van der Waals surface area contributed by atoms with E-state index < -0.39 is 0 Å². The number of nitrogens with one attached hydrogen (secondary N) is 1. The number of likely N-dealkylation sites (N-methyl/N-ethyl adjacent to an activating group) is 1. The first kappa shape index (κ1) is 16.1. The number of hydrogen-bond acceptors (Lipinski definition) is 5. The van der Waals surface area contributed by atoms with Crippen LogP contribution in [0.4, 0.5) is 11.4 Å². The zero-order valence-corrected chi connectivity index (χ0v) is 14.3. The number of hydrogen-bond donors (Lipinski definition) is 1. The van der Waals surface area contributed by atoms with Gasteiger partial charge in [-0.25, -0.2) is 4.99 Å². The first-order valence-electron chi connectivity index (χ1n) is 8.31. The second-order valence-corrected chi connectivity index (χ2v) is 6.21. The van der Waals surface area contributed by atoms with E-state index in [-0.39, 0.29) is 18.4 Å². The number of carbonyl (C=O) groups is 2. The van der Waals surface area contributed by atoms with Gasteiger partial charge in [0.1, 0.15) is 12.3 Å². The smallest absolute Gasteiger partial charge is 0.264 e. The third kappa shape index (κ3) is 3.11. The summed E-state index contributed by atoms with van der Waals surface area (Å²) in [5.41, 5.74) is 2.58. The molecule has 0 saturated carbocycles. The second kappa shape index (κ2) is 6.51. The fraction of sp³-hybridized carbons (Fsp3) is 0.211. The van der Waals surface area contributed by atoms with Gasteiger partial charge in [-0.2, -0.15) is 0 Å². The Morgan fingerprint density at radius 1 is 1.23 bits per heavy atom. The molecular formula is C19H18N4O3. The molecule has 0 spiro atoms. The van der Waals surface area contributed by atoms with Crippen LogP contribution in [0.3, 0.4) is 0 Å². The first-order valence-corrected chi connectivity index (χ1v) is 8.31. The number of anilines is 1. The van der Waals surface area contributed by atoms with Crippen LogP contribution in [0.1, 0.15) is 5.56 Å². The number of ether oxygens (including phenoxy) is 1. The van der Waals surface area contributed by atoms with Crippen LogP contribution >= 0.6 is 0 Å². The predicted octanol–water partition coefficient (Wildman–Crippen LogP) is 1.66. The molecular weight excluding hydrogens is 332 g/mol. The molecule has 7 heteroatoms. The molecule has 2 aliphatic rings. The molecule has 2 aromatic rings. The largest absolute Gasteiger partial charge is 0.484 e. The lowest BCUT2D eigenvalue weighted by atomic mass is 10.1. The SMILES string of the molecule is CN(C(=O)COc1ccc2c(c1)N=C1NC(=O)CN1C2)c1ccccc1. The van der Waals surface area contributed by atoms with E-state index in [1.807, 2.05) is 47.4 Å². The number of para-hydroxylation sites is 1. The zero-order valence-electron chi connectivity index (χ0n) is 14.3. The average Bonchev–Trinajstić information content (AvgIpc) is 3.02. The van der Waals surface area contributed by atoms with Crippen molar-refractivity contribution in [3.63, 3.8) is 0 Å². The van der Waals surface area contributed by atoms with E-state index in [0.29, 0.717) is 24.8 Å². The van der Waals surface area contributed by atoms with Crippen molar-refractivity contribution in [2.45, 2.75) is 6.54 Å². The Labute approximate surface area is 150 Å². The summed E-state index contributed by atoms with van der Waals surface area (Å²) in [7, 11) is 1.72. The van der Waals surface area contributed by atoms with Crippen LogP contribution in [0.25, 0.3) is 0 Å². The number of fused-ring (bicyclic) bond motifs is 2. The van der Waals surface area contributed by atoms with Crippen LogP contribution in [0, 0.1) is 0 Å². The monoisotopic (exact) mass is 350 g/mol. The minimum absolute atomic E-state index is 0.0532. The molecule has 0 bridgehead atoms. The molecule has 1 fully saturated rings. The second-order valence-electron chi connectivity index (χ2n) is 6.21. The van der Waals surface area contributed by atoms with E-state index >= 15 is 0 Å². The van der Waals surface area contributed by atoms with E-state index in [2.05, 4.69) is 10.3 Å². The standard InChI is InChI=1S/C19H18N4O3/c1-22(14-5-3-2-4-6-14)18(25)12-26-15-8-7-13-10-23-11-17(24)21-19(23)20-16(13)9-15/h2-9H,10-12H2,1H3,(H,20,21,24). The maximum Gasteiger partial charge on any atom is 0.264 e. The topological polar surface area (TPSA) is 74.2 Å². The van der Waals surface area contributed by atoms with Crippen LogP contribution in [-0.4, -0.2) is 42.9 Å². The maximum absolute atomic E-state index is 12.3. The summed E-state index contributed by atoms with van der Waals surface area (Å²) in [6, 6.07) is 14.9. The Morgan fingerprint density at radius 2 is 2.04 bits per heavy atom. The molecule has 0 unspecified atom stereocenters. The Kier molecular flexibility index (Phi) is 4.04. The minimum Gasteiger partial charge on any atom is -0.484 e. The van der Waals surface area contributed by atoms with Crippen LogP contribution in [-0.2, 0) is 16.1 Å². The van der Waals surface area contributed by atoms with Crippen molar-refractivity contribution < 1.29 is 14.3 Å². The van der Waals surface area contributed by atoms with Crippen molar-refractivity contribution in [3.05, 3.63) is 54.1 Å². The molecule has 132 valence electrons. The van der Waals surface area contributed by atoms with Gasteiger partial charge in [-0.05, 0) is 23.8 Å². The fourth-order valence-electron chi connectivity index (χ4n) is 2.95. The van der Waals surface area contributed by atoms with E-state index in [0.717, 1.165) is 16.9 Å². The van der Waals surface area contributed by atoms with Crippen LogP contribution in [0.2, 0.25) is 0 Å². The fourth-order valence-corrected chi connectivity index (χ4v) is 2.95. The first-order chi connectivity index (χ1) is 12.6. The number of nitrogens with zero attached hydrogens (tertiary/aromatic N) is 3. The Balaban J connectivity index is 1.43. The van der Waals surface area contributed by atoms with Gasteiger partial charge < -0.3 is 14.5 Å². The van der Waals surface area contributed by atoms with Crippen molar-refractivity contribution >= 4 is 29.1 Å². The summed E-state index contributed by atoms with van der Waals surface area (Å²) in [4.78, 5) is 31.7. The van der Waals surface area contributed by atoms with Gasteiger partial charge in [0.05, 0.1) is 5.69 Å². The lowest BCUT2D eigenvalue weighted by molar-refractivity contribution is -0.120. The highest BCUT2D eigenvalue weighted by Crippen LogP contribution is 2.30. The highest BCUT2D eigenvalue weighted by molar-refractivity contribution is 6.05. The molecule has 0 aliphatic carbocycles. The van der Waals surface area contributed by atoms with Gasteiger partial charge in [0.25, 0.3) is 5.91 Å². The summed E-state index contributed by atoms with van der Waals surface area (Å²) in [5.74, 6) is 0.942. The minimum atomic E-state index is -0.144. The Bertz CT molecular complexity index is 895. The maximum atomic E-state index is 12.3. The van der Waals surface area contributed by atoms with Crippen LogP contribution in [0.15, 0.2) is 53.5 Å². The Hall–Kier alpha value is -3.35. The lowest BCUT2D eigenvalue weighted by Crippen LogP contribution is -2.32. The number of aliphatic imine (C=N–C) groups is 1. The summed E-state index contributed by atoms with van der Waals surface area (Å²) >= 11 is 0. The quantitative estimate of drug-likeness (QED) is 0.910. The molecule has 0 atom stereocenters. The Morgan fingerprint density at radius 3 is 2.85 bits per heavy atom. The van der Waals surface area contributed by atoms with Gasteiger partial charge in [0.2, 0.25) is 11.9 Å². The van der Waals surface area contributed by atoms with Crippen molar-refractivity contribution in [2.24, 2.45) is 4.99 Å². The number of benzene rings is 2.